The standard InChI is InChI=1S/C16H15BrO/c1-16(2)14-6-4-3-5-13(14)15(18-16)11-7-9-12(17)10-8-11/h3-10,15H,1-2H3. The van der Waals surface area contributed by atoms with Gasteiger partial charge >= 0.3 is 0 Å². The van der Waals surface area contributed by atoms with Gasteiger partial charge in [0.15, 0.2) is 0 Å². The molecule has 1 heterocycles. The van der Waals surface area contributed by atoms with Gasteiger partial charge in [-0.25, -0.2) is 0 Å². The van der Waals surface area contributed by atoms with E-state index in [1.807, 2.05) is 0 Å². The summed E-state index contributed by atoms with van der Waals surface area (Å²) in [5.41, 5.74) is 3.56. The van der Waals surface area contributed by atoms with Crippen molar-refractivity contribution in [3.8, 4) is 0 Å². The number of benzene rings is 2. The average molecular weight is 303 g/mol. The van der Waals surface area contributed by atoms with E-state index in [2.05, 4.69) is 78.3 Å². The highest BCUT2D eigenvalue weighted by Crippen LogP contribution is 2.45. The second-order valence-electron chi connectivity index (χ2n) is 5.15. The van der Waals surface area contributed by atoms with E-state index in [4.69, 9.17) is 4.74 Å². The molecule has 0 saturated heterocycles. The van der Waals surface area contributed by atoms with E-state index in [1.54, 1.807) is 0 Å². The van der Waals surface area contributed by atoms with E-state index in [-0.39, 0.29) is 11.7 Å². The van der Waals surface area contributed by atoms with Gasteiger partial charge in [0.25, 0.3) is 0 Å². The smallest absolute Gasteiger partial charge is 0.109 e. The molecule has 1 aliphatic heterocycles. The Bertz CT molecular complexity index is 572. The van der Waals surface area contributed by atoms with Crippen LogP contribution in [0.4, 0.5) is 0 Å². The second-order valence-corrected chi connectivity index (χ2v) is 6.06. The fraction of sp³-hybridized carbons (Fsp3) is 0.250. The first-order chi connectivity index (χ1) is 8.58. The molecule has 2 aromatic carbocycles. The second kappa shape index (κ2) is 4.22. The number of fused-ring (bicyclic) bond motifs is 1. The first-order valence-corrected chi connectivity index (χ1v) is 6.90. The minimum Gasteiger partial charge on any atom is -0.358 e. The predicted octanol–water partition coefficient (Wildman–Crippen LogP) is 4.80. The van der Waals surface area contributed by atoms with Gasteiger partial charge in [-0.3, -0.25) is 0 Å². The summed E-state index contributed by atoms with van der Waals surface area (Å²) >= 11 is 3.47. The Hall–Kier alpha value is -1.12. The normalized spacial score (nSPS) is 20.7. The lowest BCUT2D eigenvalue weighted by Gasteiger charge is -2.20. The van der Waals surface area contributed by atoms with Crippen LogP contribution in [-0.2, 0) is 10.3 Å². The highest BCUT2D eigenvalue weighted by molar-refractivity contribution is 9.10. The van der Waals surface area contributed by atoms with Crippen LogP contribution >= 0.6 is 15.9 Å². The molecule has 1 aliphatic rings. The molecule has 1 nitrogen and oxygen atoms in total. The zero-order chi connectivity index (χ0) is 12.8. The molecule has 0 N–H and O–H groups in total. The van der Waals surface area contributed by atoms with Gasteiger partial charge in [0, 0.05) is 4.47 Å². The zero-order valence-electron chi connectivity index (χ0n) is 10.5. The van der Waals surface area contributed by atoms with Crippen molar-refractivity contribution in [2.45, 2.75) is 25.6 Å². The van der Waals surface area contributed by atoms with Crippen LogP contribution in [0.25, 0.3) is 0 Å². The number of halogens is 1. The quantitative estimate of drug-likeness (QED) is 0.735. The van der Waals surface area contributed by atoms with E-state index < -0.39 is 0 Å². The van der Waals surface area contributed by atoms with Crippen molar-refractivity contribution >= 4 is 15.9 Å². The molecular weight excluding hydrogens is 288 g/mol. The Morgan fingerprint density at radius 1 is 1.00 bits per heavy atom. The van der Waals surface area contributed by atoms with Gasteiger partial charge in [-0.05, 0) is 42.7 Å². The molecule has 2 heteroatoms. The molecule has 0 saturated carbocycles. The van der Waals surface area contributed by atoms with Gasteiger partial charge in [-0.15, -0.1) is 0 Å². The minimum absolute atomic E-state index is 0.0456. The van der Waals surface area contributed by atoms with Crippen molar-refractivity contribution in [3.05, 3.63) is 69.7 Å². The summed E-state index contributed by atoms with van der Waals surface area (Å²) in [4.78, 5) is 0. The monoisotopic (exact) mass is 302 g/mol. The molecule has 0 bridgehead atoms. The highest BCUT2D eigenvalue weighted by Gasteiger charge is 2.37. The Labute approximate surface area is 116 Å². The molecule has 0 aromatic heterocycles. The molecule has 0 radical (unpaired) electrons. The van der Waals surface area contributed by atoms with Gasteiger partial charge in [0.2, 0.25) is 0 Å². The Kier molecular flexibility index (Phi) is 2.80. The Morgan fingerprint density at radius 3 is 2.39 bits per heavy atom. The van der Waals surface area contributed by atoms with E-state index in [9.17, 15) is 0 Å². The lowest BCUT2D eigenvalue weighted by atomic mass is 9.93. The SMILES string of the molecule is CC1(C)OC(c2ccc(Br)cc2)c2ccccc21. The van der Waals surface area contributed by atoms with Gasteiger partial charge < -0.3 is 4.74 Å². The largest absolute Gasteiger partial charge is 0.358 e. The highest BCUT2D eigenvalue weighted by atomic mass is 79.9. The zero-order valence-corrected chi connectivity index (χ0v) is 12.1. The van der Waals surface area contributed by atoms with Gasteiger partial charge in [0.05, 0.1) is 5.60 Å². The van der Waals surface area contributed by atoms with Crippen molar-refractivity contribution in [2.24, 2.45) is 0 Å². The molecule has 0 aliphatic carbocycles. The third-order valence-electron chi connectivity index (χ3n) is 3.48. The molecule has 18 heavy (non-hydrogen) atoms. The van der Waals surface area contributed by atoms with E-state index in [0.29, 0.717) is 0 Å². The van der Waals surface area contributed by atoms with Crippen LogP contribution in [-0.4, -0.2) is 0 Å². The fourth-order valence-corrected chi connectivity index (χ4v) is 2.85. The van der Waals surface area contributed by atoms with Gasteiger partial charge in [-0.2, -0.15) is 0 Å². The van der Waals surface area contributed by atoms with Crippen LogP contribution in [0.3, 0.4) is 0 Å². The van der Waals surface area contributed by atoms with E-state index >= 15 is 0 Å². The molecule has 0 fully saturated rings. The molecule has 0 spiro atoms. The van der Waals surface area contributed by atoms with Crippen LogP contribution in [0, 0.1) is 0 Å². The lowest BCUT2D eigenvalue weighted by Crippen LogP contribution is -2.15. The average Bonchev–Trinajstić information content (AvgIpc) is 2.63. The Morgan fingerprint density at radius 2 is 1.67 bits per heavy atom. The molecule has 0 amide bonds. The molecule has 92 valence electrons. The maximum Gasteiger partial charge on any atom is 0.109 e. The third kappa shape index (κ3) is 1.90. The van der Waals surface area contributed by atoms with Crippen LogP contribution in [0.2, 0.25) is 0 Å². The molecule has 1 atom stereocenters. The molecule has 3 rings (SSSR count). The van der Waals surface area contributed by atoms with Gasteiger partial charge in [-0.1, -0.05) is 52.3 Å². The summed E-state index contributed by atoms with van der Waals surface area (Å²) in [6, 6.07) is 16.8. The first kappa shape index (κ1) is 11.9. The fourth-order valence-electron chi connectivity index (χ4n) is 2.58. The number of ether oxygens (including phenoxy) is 1. The predicted molar refractivity (Wildman–Crippen MR) is 76.5 cm³/mol. The third-order valence-corrected chi connectivity index (χ3v) is 4.01. The topological polar surface area (TPSA) is 9.23 Å². The van der Waals surface area contributed by atoms with Crippen molar-refractivity contribution in [3.63, 3.8) is 0 Å². The Balaban J connectivity index is 2.08. The minimum atomic E-state index is -0.214. The molecular formula is C16H15BrO. The van der Waals surface area contributed by atoms with E-state index in [1.165, 1.54) is 16.7 Å². The number of hydrogen-bond acceptors (Lipinski definition) is 1. The van der Waals surface area contributed by atoms with Crippen LogP contribution < -0.4 is 0 Å². The molecule has 1 unspecified atom stereocenters. The van der Waals surface area contributed by atoms with Crippen molar-refractivity contribution in [1.82, 2.24) is 0 Å². The summed E-state index contributed by atoms with van der Waals surface area (Å²) in [6.45, 7) is 4.26. The number of rotatable bonds is 1. The van der Waals surface area contributed by atoms with Crippen molar-refractivity contribution in [1.29, 1.82) is 0 Å². The maximum absolute atomic E-state index is 6.23. The first-order valence-electron chi connectivity index (χ1n) is 6.10. The molecule has 2 aromatic rings. The van der Waals surface area contributed by atoms with Crippen LogP contribution in [0.1, 0.15) is 36.6 Å². The summed E-state index contributed by atoms with van der Waals surface area (Å²) < 4.78 is 7.32. The van der Waals surface area contributed by atoms with Crippen LogP contribution in [0.15, 0.2) is 53.0 Å². The number of hydrogen-bond donors (Lipinski definition) is 0. The van der Waals surface area contributed by atoms with E-state index in [0.717, 1.165) is 4.47 Å². The maximum atomic E-state index is 6.23. The van der Waals surface area contributed by atoms with Crippen molar-refractivity contribution in [2.75, 3.05) is 0 Å². The summed E-state index contributed by atoms with van der Waals surface area (Å²) in [5.74, 6) is 0. The lowest BCUT2D eigenvalue weighted by molar-refractivity contribution is -0.0340. The summed E-state index contributed by atoms with van der Waals surface area (Å²) in [7, 11) is 0. The van der Waals surface area contributed by atoms with Gasteiger partial charge in [0.1, 0.15) is 6.10 Å². The van der Waals surface area contributed by atoms with Crippen LogP contribution in [0.5, 0.6) is 0 Å². The summed E-state index contributed by atoms with van der Waals surface area (Å²) in [6.07, 6.45) is 0.0456. The van der Waals surface area contributed by atoms with Crippen molar-refractivity contribution < 1.29 is 4.74 Å². The summed E-state index contributed by atoms with van der Waals surface area (Å²) in [5, 5.41) is 0.